The van der Waals surface area contributed by atoms with Crippen LogP contribution < -0.4 is 5.32 Å². The van der Waals surface area contributed by atoms with Crippen molar-refractivity contribution in [3.8, 4) is 0 Å². The first kappa shape index (κ1) is 16.9. The van der Waals surface area contributed by atoms with Crippen LogP contribution in [0.3, 0.4) is 0 Å². The second kappa shape index (κ2) is 6.91. The Morgan fingerprint density at radius 3 is 3.00 bits per heavy atom. The van der Waals surface area contributed by atoms with E-state index in [2.05, 4.69) is 15.4 Å². The largest absolute Gasteiger partial charge is 0.361 e. The van der Waals surface area contributed by atoms with E-state index in [0.29, 0.717) is 11.6 Å². The molecule has 2 heterocycles. The molecule has 1 amide bonds. The molecular formula is C17H19ClFN3O2. The number of amides is 1. The summed E-state index contributed by atoms with van der Waals surface area (Å²) < 4.78 is 18.9. The third-order valence-electron chi connectivity index (χ3n) is 4.34. The Morgan fingerprint density at radius 1 is 1.50 bits per heavy atom. The van der Waals surface area contributed by atoms with E-state index < -0.39 is 11.7 Å². The van der Waals surface area contributed by atoms with Crippen LogP contribution in [-0.4, -0.2) is 35.1 Å². The maximum absolute atomic E-state index is 13.8. The summed E-state index contributed by atoms with van der Waals surface area (Å²) in [5.41, 5.74) is 1.95. The second-order valence-corrected chi connectivity index (χ2v) is 6.56. The zero-order valence-electron chi connectivity index (χ0n) is 13.6. The lowest BCUT2D eigenvalue weighted by molar-refractivity contribution is 0.0933. The molecule has 0 unspecified atom stereocenters. The van der Waals surface area contributed by atoms with Gasteiger partial charge in [0.25, 0.3) is 5.91 Å². The highest BCUT2D eigenvalue weighted by molar-refractivity contribution is 6.31. The van der Waals surface area contributed by atoms with Gasteiger partial charge < -0.3 is 9.84 Å². The van der Waals surface area contributed by atoms with E-state index in [4.69, 9.17) is 16.1 Å². The smallest absolute Gasteiger partial charge is 0.254 e. The van der Waals surface area contributed by atoms with Crippen molar-refractivity contribution in [2.45, 2.75) is 32.9 Å². The van der Waals surface area contributed by atoms with Gasteiger partial charge in [0.2, 0.25) is 0 Å². The molecule has 24 heavy (non-hydrogen) atoms. The molecule has 0 saturated carbocycles. The molecule has 0 spiro atoms. The highest BCUT2D eigenvalue weighted by Crippen LogP contribution is 2.20. The first-order chi connectivity index (χ1) is 11.4. The fourth-order valence-electron chi connectivity index (χ4n) is 2.98. The molecule has 128 valence electrons. The second-order valence-electron chi connectivity index (χ2n) is 6.12. The highest BCUT2D eigenvalue weighted by Gasteiger charge is 2.26. The van der Waals surface area contributed by atoms with E-state index >= 15 is 0 Å². The van der Waals surface area contributed by atoms with Crippen molar-refractivity contribution in [3.05, 3.63) is 51.6 Å². The number of aromatic nitrogens is 1. The van der Waals surface area contributed by atoms with Crippen LogP contribution in [0.4, 0.5) is 4.39 Å². The van der Waals surface area contributed by atoms with Crippen LogP contribution in [0.15, 0.2) is 22.7 Å². The maximum atomic E-state index is 13.8. The summed E-state index contributed by atoms with van der Waals surface area (Å²) in [6.07, 6.45) is 0.817. The van der Waals surface area contributed by atoms with Gasteiger partial charge in [-0.2, -0.15) is 0 Å². The Morgan fingerprint density at radius 2 is 2.29 bits per heavy atom. The number of hydrogen-bond donors (Lipinski definition) is 1. The molecule has 1 aromatic heterocycles. The van der Waals surface area contributed by atoms with Crippen molar-refractivity contribution in [3.63, 3.8) is 0 Å². The van der Waals surface area contributed by atoms with Crippen molar-refractivity contribution in [2.24, 2.45) is 0 Å². The predicted molar refractivity (Wildman–Crippen MR) is 88.5 cm³/mol. The number of nitrogens with one attached hydrogen (secondary N) is 1. The summed E-state index contributed by atoms with van der Waals surface area (Å²) in [5.74, 6) is -0.178. The summed E-state index contributed by atoms with van der Waals surface area (Å²) in [7, 11) is 0. The van der Waals surface area contributed by atoms with Gasteiger partial charge in [-0.25, -0.2) is 4.39 Å². The molecule has 0 bridgehead atoms. The first-order valence-electron chi connectivity index (χ1n) is 7.84. The average Bonchev–Trinajstić information content (AvgIpc) is 3.11. The molecule has 7 heteroatoms. The molecular weight excluding hydrogens is 333 g/mol. The SMILES string of the molecule is Cc1noc(C)c1CN1CC[C@H](NC(=O)c2cc(Cl)ccc2F)C1. The molecule has 2 aromatic rings. The van der Waals surface area contributed by atoms with Crippen LogP contribution in [0.1, 0.15) is 33.8 Å². The fourth-order valence-corrected chi connectivity index (χ4v) is 3.15. The quantitative estimate of drug-likeness (QED) is 0.919. The zero-order valence-corrected chi connectivity index (χ0v) is 14.4. The van der Waals surface area contributed by atoms with Gasteiger partial charge in [-0.05, 0) is 38.5 Å². The molecule has 0 aliphatic carbocycles. The summed E-state index contributed by atoms with van der Waals surface area (Å²) in [6, 6.07) is 3.96. The standard InChI is InChI=1S/C17H19ClFN3O2/c1-10-15(11(2)24-21-10)9-22-6-5-13(8-22)20-17(23)14-7-12(18)3-4-16(14)19/h3-4,7,13H,5-6,8-9H2,1-2H3,(H,20,23)/t13-/m0/s1. The van der Waals surface area contributed by atoms with Crippen LogP contribution in [-0.2, 0) is 6.54 Å². The molecule has 1 aliphatic rings. The van der Waals surface area contributed by atoms with Crippen molar-refractivity contribution in [1.82, 2.24) is 15.4 Å². The number of hydrogen-bond acceptors (Lipinski definition) is 4. The minimum atomic E-state index is -0.567. The van der Waals surface area contributed by atoms with Crippen LogP contribution >= 0.6 is 11.6 Å². The molecule has 0 radical (unpaired) electrons. The highest BCUT2D eigenvalue weighted by atomic mass is 35.5. The Hall–Kier alpha value is -1.92. The number of halogens is 2. The van der Waals surface area contributed by atoms with E-state index in [1.807, 2.05) is 13.8 Å². The molecule has 3 rings (SSSR count). The van der Waals surface area contributed by atoms with E-state index in [1.165, 1.54) is 18.2 Å². The number of rotatable bonds is 4. The summed E-state index contributed by atoms with van der Waals surface area (Å²) in [5, 5.41) is 7.18. The van der Waals surface area contributed by atoms with Crippen molar-refractivity contribution in [2.75, 3.05) is 13.1 Å². The van der Waals surface area contributed by atoms with E-state index in [0.717, 1.165) is 36.5 Å². The first-order valence-corrected chi connectivity index (χ1v) is 8.22. The van der Waals surface area contributed by atoms with Gasteiger partial charge in [0.15, 0.2) is 0 Å². The lowest BCUT2D eigenvalue weighted by atomic mass is 10.1. The molecule has 1 aromatic carbocycles. The minimum absolute atomic E-state index is 0.0173. The van der Waals surface area contributed by atoms with Crippen LogP contribution in [0, 0.1) is 19.7 Å². The zero-order chi connectivity index (χ0) is 17.3. The number of aryl methyl sites for hydroxylation is 2. The van der Waals surface area contributed by atoms with Crippen LogP contribution in [0.5, 0.6) is 0 Å². The number of nitrogens with zero attached hydrogens (tertiary/aromatic N) is 2. The monoisotopic (exact) mass is 351 g/mol. The van der Waals surface area contributed by atoms with Gasteiger partial charge in [0.1, 0.15) is 11.6 Å². The van der Waals surface area contributed by atoms with E-state index in [9.17, 15) is 9.18 Å². The van der Waals surface area contributed by atoms with Crippen molar-refractivity contribution in [1.29, 1.82) is 0 Å². The third-order valence-corrected chi connectivity index (χ3v) is 4.58. The Labute approximate surface area is 144 Å². The van der Waals surface area contributed by atoms with Gasteiger partial charge in [-0.1, -0.05) is 16.8 Å². The molecule has 1 N–H and O–H groups in total. The lowest BCUT2D eigenvalue weighted by Crippen LogP contribution is -2.37. The third kappa shape index (κ3) is 3.60. The molecule has 1 fully saturated rings. The van der Waals surface area contributed by atoms with E-state index in [-0.39, 0.29) is 11.6 Å². The number of carbonyl (C=O) groups excluding carboxylic acids is 1. The maximum Gasteiger partial charge on any atom is 0.254 e. The van der Waals surface area contributed by atoms with Crippen LogP contribution in [0.2, 0.25) is 5.02 Å². The van der Waals surface area contributed by atoms with Gasteiger partial charge >= 0.3 is 0 Å². The lowest BCUT2D eigenvalue weighted by Gasteiger charge is -2.16. The Bertz CT molecular complexity index is 743. The van der Waals surface area contributed by atoms with Gasteiger partial charge in [0, 0.05) is 36.3 Å². The summed E-state index contributed by atoms with van der Waals surface area (Å²) in [6.45, 7) is 6.11. The number of likely N-dealkylation sites (tertiary alicyclic amines) is 1. The Balaban J connectivity index is 1.60. The van der Waals surface area contributed by atoms with Gasteiger partial charge in [-0.3, -0.25) is 9.69 Å². The van der Waals surface area contributed by atoms with Crippen molar-refractivity contribution < 1.29 is 13.7 Å². The minimum Gasteiger partial charge on any atom is -0.361 e. The summed E-state index contributed by atoms with van der Waals surface area (Å²) >= 11 is 5.84. The molecule has 1 saturated heterocycles. The van der Waals surface area contributed by atoms with Gasteiger partial charge in [-0.15, -0.1) is 0 Å². The summed E-state index contributed by atoms with van der Waals surface area (Å²) in [4.78, 5) is 14.5. The number of carbonyl (C=O) groups is 1. The van der Waals surface area contributed by atoms with E-state index in [1.54, 1.807) is 0 Å². The molecule has 1 aliphatic heterocycles. The predicted octanol–water partition coefficient (Wildman–Crippen LogP) is 3.09. The average molecular weight is 352 g/mol. The number of benzene rings is 1. The normalized spacial score (nSPS) is 18.1. The van der Waals surface area contributed by atoms with Gasteiger partial charge in [0.05, 0.1) is 11.3 Å². The Kier molecular flexibility index (Phi) is 4.87. The van der Waals surface area contributed by atoms with Crippen molar-refractivity contribution >= 4 is 17.5 Å². The molecule has 1 atom stereocenters. The molecule has 5 nitrogen and oxygen atoms in total. The topological polar surface area (TPSA) is 58.4 Å². The fraction of sp³-hybridized carbons (Fsp3) is 0.412. The van der Waals surface area contributed by atoms with Crippen LogP contribution in [0.25, 0.3) is 0 Å².